The van der Waals surface area contributed by atoms with Crippen LogP contribution in [0.25, 0.3) is 0 Å². The topological polar surface area (TPSA) is 225 Å². The minimum Gasteiger partial charge on any atom is -0.469 e. The van der Waals surface area contributed by atoms with E-state index in [-0.39, 0.29) is 44.6 Å². The van der Waals surface area contributed by atoms with Crippen LogP contribution in [-0.2, 0) is 63.7 Å². The summed E-state index contributed by atoms with van der Waals surface area (Å²) >= 11 is 0. The van der Waals surface area contributed by atoms with Crippen LogP contribution in [0.4, 0.5) is 9.59 Å². The highest BCUT2D eigenvalue weighted by Gasteiger charge is 2.54. The Kier molecular flexibility index (Phi) is 18.9. The van der Waals surface area contributed by atoms with Crippen molar-refractivity contribution in [1.29, 1.82) is 0 Å². The molecule has 2 amide bonds. The summed E-state index contributed by atoms with van der Waals surface area (Å²) in [5, 5.41) is 7.74. The molecule has 1 aromatic carbocycles. The van der Waals surface area contributed by atoms with Gasteiger partial charge in [0, 0.05) is 0 Å². The number of amides is 2. The van der Waals surface area contributed by atoms with Gasteiger partial charge in [-0.05, 0) is 54.0 Å². The molecule has 2 aliphatic heterocycles. The third-order valence-corrected chi connectivity index (χ3v) is 8.99. The van der Waals surface area contributed by atoms with E-state index in [1.165, 1.54) is 38.3 Å². The Morgan fingerprint density at radius 1 is 0.694 bits per heavy atom. The van der Waals surface area contributed by atoms with Crippen LogP contribution in [0.3, 0.4) is 0 Å². The van der Waals surface area contributed by atoms with E-state index in [1.807, 2.05) is 6.07 Å². The second-order valence-electron chi connectivity index (χ2n) is 16.2. The predicted molar refractivity (Wildman–Crippen MR) is 225 cm³/mol. The maximum atomic E-state index is 13.9. The van der Waals surface area contributed by atoms with E-state index < -0.39 is 95.4 Å². The maximum absolute atomic E-state index is 13.9. The monoisotopic (exact) mass is 868 g/mol. The zero-order chi connectivity index (χ0) is 46.2. The average Bonchev–Trinajstić information content (AvgIpc) is 3.76. The third kappa shape index (κ3) is 15.8. The highest BCUT2D eigenvalue weighted by molar-refractivity contribution is 5.94. The van der Waals surface area contributed by atoms with Crippen molar-refractivity contribution in [2.45, 2.75) is 90.7 Å². The van der Waals surface area contributed by atoms with E-state index in [2.05, 4.69) is 40.7 Å². The molecule has 2 saturated heterocycles. The van der Waals surface area contributed by atoms with Crippen LogP contribution in [0.15, 0.2) is 85.2 Å². The lowest BCUT2D eigenvalue weighted by molar-refractivity contribution is -0.159. The fraction of sp³-hybridized carbons (Fsp3) is 0.523. The van der Waals surface area contributed by atoms with Gasteiger partial charge in [-0.1, -0.05) is 61.2 Å². The van der Waals surface area contributed by atoms with Gasteiger partial charge in [-0.25, -0.2) is 9.59 Å². The fourth-order valence-corrected chi connectivity index (χ4v) is 6.42. The molecule has 0 radical (unpaired) electrons. The average molecular weight is 869 g/mol. The van der Waals surface area contributed by atoms with Crippen molar-refractivity contribution in [3.8, 4) is 0 Å². The quantitative estimate of drug-likeness (QED) is 0.0463. The highest BCUT2D eigenvalue weighted by Crippen LogP contribution is 2.39. The third-order valence-electron chi connectivity index (χ3n) is 8.99. The van der Waals surface area contributed by atoms with Gasteiger partial charge in [0.2, 0.25) is 0 Å². The van der Waals surface area contributed by atoms with Crippen molar-refractivity contribution >= 4 is 41.9 Å². The lowest BCUT2D eigenvalue weighted by atomic mass is 9.85. The molecule has 18 nitrogen and oxygen atoms in total. The minimum atomic E-state index is -1.32. The molecule has 0 saturated carbocycles. The Morgan fingerprint density at radius 3 is 1.66 bits per heavy atom. The largest absolute Gasteiger partial charge is 0.469 e. The number of amidine groups is 1. The van der Waals surface area contributed by atoms with Crippen LogP contribution >= 0.6 is 0 Å². The second kappa shape index (κ2) is 23.3. The molecule has 0 aliphatic carbocycles. The van der Waals surface area contributed by atoms with Gasteiger partial charge in [-0.2, -0.15) is 0 Å². The zero-order valence-electron chi connectivity index (χ0n) is 36.6. The number of esters is 4. The molecule has 1 aromatic rings. The van der Waals surface area contributed by atoms with Crippen LogP contribution in [0.5, 0.6) is 0 Å². The van der Waals surface area contributed by atoms with Crippen LogP contribution < -0.4 is 16.0 Å². The molecule has 340 valence electrons. The van der Waals surface area contributed by atoms with Crippen LogP contribution in [0.1, 0.15) is 54.0 Å². The van der Waals surface area contributed by atoms with Gasteiger partial charge >= 0.3 is 36.1 Å². The van der Waals surface area contributed by atoms with E-state index in [9.17, 15) is 28.8 Å². The molecule has 0 bridgehead atoms. The number of aliphatic imine (C=N–C) groups is 1. The van der Waals surface area contributed by atoms with Gasteiger partial charge in [-0.15, -0.1) is 13.2 Å². The summed E-state index contributed by atoms with van der Waals surface area (Å²) in [7, 11) is 1.18. The first-order valence-electron chi connectivity index (χ1n) is 20.0. The number of hydrogen-bond acceptors (Lipinski definition) is 16. The zero-order valence-corrected chi connectivity index (χ0v) is 36.6. The molecule has 18 heteroatoms. The molecular weight excluding hydrogens is 808 g/mol. The number of hydrogen-bond donors (Lipinski definition) is 3. The van der Waals surface area contributed by atoms with Gasteiger partial charge in [0.1, 0.15) is 66.4 Å². The van der Waals surface area contributed by atoms with Crippen LogP contribution in [-0.4, -0.2) is 111 Å². The fourth-order valence-electron chi connectivity index (χ4n) is 6.42. The smallest absolute Gasteiger partial charge is 0.413 e. The second-order valence-corrected chi connectivity index (χ2v) is 16.2. The van der Waals surface area contributed by atoms with Gasteiger partial charge in [0.05, 0.1) is 44.6 Å². The Hall–Kier alpha value is -6.01. The maximum Gasteiger partial charge on any atom is 0.413 e. The highest BCUT2D eigenvalue weighted by atomic mass is 16.6. The number of alkyl carbamates (subject to hydrolysis) is 2. The van der Waals surface area contributed by atoms with Gasteiger partial charge in [0.25, 0.3) is 0 Å². The molecule has 3 N–H and O–H groups in total. The first-order chi connectivity index (χ1) is 29.2. The molecule has 62 heavy (non-hydrogen) atoms. The van der Waals surface area contributed by atoms with Crippen molar-refractivity contribution in [3.05, 3.63) is 85.8 Å². The first kappa shape index (κ1) is 50.3. The molecule has 0 spiro atoms. The standard InChI is InChI=1S/C44H60N4O14/c1-12-29-33(40(52)58-25-28-17-15-14-16-18-28)35(37(49)55-11)31(59-29)19-20-32-36(39(51)57-24-22-46-27(4)48-42(54)62-44(8,9)10)34(30(13-2)60-32)38(50)56-23-21-45-26(3)47-41(53)61-43(5,6)7/h12-20,29-36,45H,1-3,21-25H2,4-11H3,(H,47,53)(H,46,48,54)/b20-19-. The molecular formula is C44H60N4O14. The Labute approximate surface area is 362 Å². The van der Waals surface area contributed by atoms with E-state index in [1.54, 1.807) is 65.8 Å². The molecule has 2 aliphatic rings. The van der Waals surface area contributed by atoms with E-state index in [0.717, 1.165) is 5.56 Å². The summed E-state index contributed by atoms with van der Waals surface area (Å²) in [4.78, 5) is 82.8. The van der Waals surface area contributed by atoms with Crippen molar-refractivity contribution in [2.75, 3.05) is 33.4 Å². The van der Waals surface area contributed by atoms with Crippen LogP contribution in [0, 0.1) is 23.7 Å². The summed E-state index contributed by atoms with van der Waals surface area (Å²) in [6.45, 7) is 22.5. The van der Waals surface area contributed by atoms with E-state index in [0.29, 0.717) is 0 Å². The van der Waals surface area contributed by atoms with Gasteiger partial charge in [0.15, 0.2) is 0 Å². The number of ether oxygens (including phenoxy) is 8. The van der Waals surface area contributed by atoms with Crippen molar-refractivity contribution in [3.63, 3.8) is 0 Å². The van der Waals surface area contributed by atoms with Crippen LogP contribution in [0.2, 0.25) is 0 Å². The van der Waals surface area contributed by atoms with E-state index >= 15 is 0 Å². The number of nitrogens with one attached hydrogen (secondary N) is 3. The Balaban J connectivity index is 1.82. The van der Waals surface area contributed by atoms with Crippen molar-refractivity contribution in [2.24, 2.45) is 28.7 Å². The number of methoxy groups -OCH3 is 1. The molecule has 8 unspecified atom stereocenters. The number of carbonyl (C=O) groups excluding carboxylic acids is 6. The van der Waals surface area contributed by atoms with Gasteiger partial charge < -0.3 is 43.2 Å². The summed E-state index contributed by atoms with van der Waals surface area (Å²) in [6.07, 6.45) is -0.0756. The lowest BCUT2D eigenvalue weighted by Gasteiger charge is -2.21. The summed E-state index contributed by atoms with van der Waals surface area (Å²) in [6, 6.07) is 8.99. The predicted octanol–water partition coefficient (Wildman–Crippen LogP) is 4.45. The number of rotatable bonds is 18. The summed E-state index contributed by atoms with van der Waals surface area (Å²) in [5.74, 6) is -7.74. The Morgan fingerprint density at radius 2 is 1.16 bits per heavy atom. The number of carbonyl (C=O) groups is 6. The first-order valence-corrected chi connectivity index (χ1v) is 20.0. The van der Waals surface area contributed by atoms with Crippen molar-refractivity contribution < 1.29 is 66.7 Å². The molecule has 3 rings (SSSR count). The molecule has 8 atom stereocenters. The lowest BCUT2D eigenvalue weighted by Crippen LogP contribution is -2.39. The molecule has 2 heterocycles. The Bertz CT molecular complexity index is 1830. The normalized spacial score (nSPS) is 23.6. The summed E-state index contributed by atoms with van der Waals surface area (Å²) in [5.41, 5.74) is -0.730. The number of nitrogens with zero attached hydrogens (tertiary/aromatic N) is 1. The van der Waals surface area contributed by atoms with E-state index in [4.69, 9.17) is 37.9 Å². The van der Waals surface area contributed by atoms with Gasteiger partial charge in [-0.3, -0.25) is 34.8 Å². The van der Waals surface area contributed by atoms with Crippen molar-refractivity contribution in [1.82, 2.24) is 16.0 Å². The molecule has 0 aromatic heterocycles. The number of benzene rings is 1. The molecule has 2 fully saturated rings. The summed E-state index contributed by atoms with van der Waals surface area (Å²) < 4.78 is 44.5. The SMILES string of the molecule is C=CC1OC(/C=C\C2OC(C=C)C(C(=O)OCCNC(=C)NC(=O)OC(C)(C)C)C2C(=O)OCCN=C(C)NC(=O)OC(C)(C)C)C(C(=O)OC)C1C(=O)OCc1ccccc1. The minimum absolute atomic E-state index is 0.0210.